The van der Waals surface area contributed by atoms with Crippen LogP contribution in [0.2, 0.25) is 0 Å². The minimum atomic E-state index is -4.52. The Bertz CT molecular complexity index is 611. The molecule has 1 heterocycles. The first-order chi connectivity index (χ1) is 8.89. The average Bonchev–Trinajstić information content (AvgIpc) is 2.38. The van der Waals surface area contributed by atoms with Crippen LogP contribution in [0.25, 0.3) is 11.1 Å². The van der Waals surface area contributed by atoms with Gasteiger partial charge in [0.05, 0.1) is 5.56 Å². The number of rotatable bonds is 2. The smallest absolute Gasteiger partial charge is 0.276 e. The second kappa shape index (κ2) is 5.01. The molecular formula is C13H7ClF3NO. The van der Waals surface area contributed by atoms with Crippen LogP contribution in [-0.2, 0) is 6.18 Å². The van der Waals surface area contributed by atoms with Gasteiger partial charge in [0.1, 0.15) is 0 Å². The molecule has 0 radical (unpaired) electrons. The fraction of sp³-hybridized carbons (Fsp3) is 0.0769. The van der Waals surface area contributed by atoms with Gasteiger partial charge in [-0.2, -0.15) is 13.2 Å². The number of carbonyl (C=O) groups excluding carboxylic acids is 1. The van der Waals surface area contributed by atoms with Gasteiger partial charge in [0.25, 0.3) is 5.24 Å². The van der Waals surface area contributed by atoms with E-state index in [1.165, 1.54) is 18.5 Å². The summed E-state index contributed by atoms with van der Waals surface area (Å²) in [7, 11) is 0. The first-order valence-corrected chi connectivity index (χ1v) is 5.59. The van der Waals surface area contributed by atoms with Crippen LogP contribution in [0.15, 0.2) is 42.7 Å². The predicted molar refractivity (Wildman–Crippen MR) is 64.9 cm³/mol. The summed E-state index contributed by atoms with van der Waals surface area (Å²) in [4.78, 5) is 15.2. The maximum Gasteiger partial charge on any atom is 0.416 e. The standard InChI is InChI=1S/C13H7ClF3NO/c14-12(19)11-6-9(13(15,16)17)3-4-10(11)8-2-1-5-18-7-8/h1-7H. The van der Waals surface area contributed by atoms with Gasteiger partial charge in [0.15, 0.2) is 0 Å². The topological polar surface area (TPSA) is 30.0 Å². The molecule has 0 saturated carbocycles. The molecule has 6 heteroatoms. The predicted octanol–water partition coefficient (Wildman–Crippen LogP) is 4.15. The summed E-state index contributed by atoms with van der Waals surface area (Å²) < 4.78 is 37.8. The Morgan fingerprint density at radius 2 is 1.95 bits per heavy atom. The van der Waals surface area contributed by atoms with Crippen molar-refractivity contribution in [1.82, 2.24) is 4.98 Å². The van der Waals surface area contributed by atoms with Crippen LogP contribution in [0.4, 0.5) is 13.2 Å². The van der Waals surface area contributed by atoms with Gasteiger partial charge in [-0.1, -0.05) is 12.1 Å². The van der Waals surface area contributed by atoms with Gasteiger partial charge >= 0.3 is 6.18 Å². The second-order valence-electron chi connectivity index (χ2n) is 3.77. The molecule has 0 N–H and O–H groups in total. The van der Waals surface area contributed by atoms with E-state index in [1.807, 2.05) is 0 Å². The van der Waals surface area contributed by atoms with Crippen LogP contribution in [-0.4, -0.2) is 10.2 Å². The Kier molecular flexibility index (Phi) is 3.57. The minimum Gasteiger partial charge on any atom is -0.276 e. The van der Waals surface area contributed by atoms with E-state index in [4.69, 9.17) is 11.6 Å². The number of hydrogen-bond acceptors (Lipinski definition) is 2. The highest BCUT2D eigenvalue weighted by Crippen LogP contribution is 2.33. The molecule has 2 aromatic rings. The Morgan fingerprint density at radius 1 is 1.21 bits per heavy atom. The lowest BCUT2D eigenvalue weighted by atomic mass is 9.99. The number of nitrogens with zero attached hydrogens (tertiary/aromatic N) is 1. The third kappa shape index (κ3) is 2.93. The molecule has 0 aliphatic rings. The van der Waals surface area contributed by atoms with E-state index in [2.05, 4.69) is 4.98 Å². The van der Waals surface area contributed by atoms with Gasteiger partial charge in [0.2, 0.25) is 0 Å². The molecule has 0 fully saturated rings. The maximum absolute atomic E-state index is 12.6. The minimum absolute atomic E-state index is 0.190. The fourth-order valence-corrected chi connectivity index (χ4v) is 1.81. The van der Waals surface area contributed by atoms with Gasteiger partial charge in [-0.25, -0.2) is 0 Å². The lowest BCUT2D eigenvalue weighted by molar-refractivity contribution is -0.137. The van der Waals surface area contributed by atoms with Crippen molar-refractivity contribution < 1.29 is 18.0 Å². The van der Waals surface area contributed by atoms with E-state index in [9.17, 15) is 18.0 Å². The first-order valence-electron chi connectivity index (χ1n) is 5.21. The van der Waals surface area contributed by atoms with Crippen LogP contribution < -0.4 is 0 Å². The van der Waals surface area contributed by atoms with Crippen molar-refractivity contribution in [1.29, 1.82) is 0 Å². The number of carbonyl (C=O) groups is 1. The summed E-state index contributed by atoms with van der Waals surface area (Å²) in [6.45, 7) is 0. The number of benzene rings is 1. The van der Waals surface area contributed by atoms with Gasteiger partial charge in [-0.3, -0.25) is 9.78 Å². The average molecular weight is 286 g/mol. The summed E-state index contributed by atoms with van der Waals surface area (Å²) in [5.41, 5.74) is -0.255. The van der Waals surface area contributed by atoms with Crippen LogP contribution in [0.1, 0.15) is 15.9 Å². The largest absolute Gasteiger partial charge is 0.416 e. The SMILES string of the molecule is O=C(Cl)c1cc(C(F)(F)F)ccc1-c1cccnc1. The molecule has 0 bridgehead atoms. The fourth-order valence-electron chi connectivity index (χ4n) is 1.66. The Balaban J connectivity index is 2.61. The molecule has 1 aromatic carbocycles. The molecule has 0 saturated heterocycles. The number of pyridine rings is 1. The third-order valence-electron chi connectivity index (χ3n) is 2.53. The van der Waals surface area contributed by atoms with E-state index >= 15 is 0 Å². The Hall–Kier alpha value is -1.88. The van der Waals surface area contributed by atoms with Gasteiger partial charge in [-0.15, -0.1) is 0 Å². The van der Waals surface area contributed by atoms with Crippen molar-refractivity contribution in [2.75, 3.05) is 0 Å². The van der Waals surface area contributed by atoms with E-state index in [0.29, 0.717) is 11.1 Å². The van der Waals surface area contributed by atoms with Crippen LogP contribution in [0, 0.1) is 0 Å². The summed E-state index contributed by atoms with van der Waals surface area (Å²) in [5, 5.41) is -0.940. The molecule has 0 aliphatic carbocycles. The maximum atomic E-state index is 12.6. The Morgan fingerprint density at radius 3 is 2.47 bits per heavy atom. The quantitative estimate of drug-likeness (QED) is 0.776. The summed E-state index contributed by atoms with van der Waals surface area (Å²) in [6.07, 6.45) is -1.55. The van der Waals surface area contributed by atoms with Gasteiger partial charge in [0, 0.05) is 23.5 Å². The number of alkyl halides is 3. The molecule has 0 amide bonds. The van der Waals surface area contributed by atoms with Crippen molar-refractivity contribution in [2.45, 2.75) is 6.18 Å². The zero-order valence-corrected chi connectivity index (χ0v) is 10.2. The molecule has 2 nitrogen and oxygen atoms in total. The zero-order valence-electron chi connectivity index (χ0n) is 9.41. The second-order valence-corrected chi connectivity index (χ2v) is 4.12. The summed E-state index contributed by atoms with van der Waals surface area (Å²) in [5.74, 6) is 0. The van der Waals surface area contributed by atoms with E-state index in [1.54, 1.807) is 12.1 Å². The number of hydrogen-bond donors (Lipinski definition) is 0. The monoisotopic (exact) mass is 285 g/mol. The van der Waals surface area contributed by atoms with Crippen molar-refractivity contribution >= 4 is 16.8 Å². The lowest BCUT2D eigenvalue weighted by Crippen LogP contribution is -2.07. The van der Waals surface area contributed by atoms with Gasteiger partial charge in [-0.05, 0) is 35.4 Å². The van der Waals surface area contributed by atoms with Crippen LogP contribution >= 0.6 is 11.6 Å². The van der Waals surface area contributed by atoms with E-state index in [0.717, 1.165) is 12.1 Å². The highest BCUT2D eigenvalue weighted by molar-refractivity contribution is 6.68. The zero-order chi connectivity index (χ0) is 14.0. The van der Waals surface area contributed by atoms with Gasteiger partial charge < -0.3 is 0 Å². The third-order valence-corrected chi connectivity index (χ3v) is 2.73. The highest BCUT2D eigenvalue weighted by atomic mass is 35.5. The number of aromatic nitrogens is 1. The van der Waals surface area contributed by atoms with E-state index in [-0.39, 0.29) is 5.56 Å². The summed E-state index contributed by atoms with van der Waals surface area (Å²) >= 11 is 5.35. The molecule has 0 atom stereocenters. The molecule has 98 valence electrons. The van der Waals surface area contributed by atoms with Crippen molar-refractivity contribution in [3.8, 4) is 11.1 Å². The molecule has 0 unspecified atom stereocenters. The molecule has 0 aliphatic heterocycles. The molecule has 0 spiro atoms. The Labute approximate surface area is 111 Å². The van der Waals surface area contributed by atoms with Crippen molar-refractivity contribution in [2.24, 2.45) is 0 Å². The summed E-state index contributed by atoms with van der Waals surface area (Å²) in [6, 6.07) is 6.13. The normalized spacial score (nSPS) is 11.4. The van der Waals surface area contributed by atoms with Crippen LogP contribution in [0.5, 0.6) is 0 Å². The molecule has 2 rings (SSSR count). The molecule has 1 aromatic heterocycles. The number of halogens is 4. The highest BCUT2D eigenvalue weighted by Gasteiger charge is 2.31. The lowest BCUT2D eigenvalue weighted by Gasteiger charge is -2.11. The molecular weight excluding hydrogens is 279 g/mol. The van der Waals surface area contributed by atoms with Crippen molar-refractivity contribution in [3.05, 3.63) is 53.9 Å². The van der Waals surface area contributed by atoms with Crippen LogP contribution in [0.3, 0.4) is 0 Å². The van der Waals surface area contributed by atoms with E-state index < -0.39 is 17.0 Å². The van der Waals surface area contributed by atoms with Crippen molar-refractivity contribution in [3.63, 3.8) is 0 Å². The molecule has 19 heavy (non-hydrogen) atoms. The first kappa shape index (κ1) is 13.5.